The summed E-state index contributed by atoms with van der Waals surface area (Å²) in [5.74, 6) is 0.463. The predicted octanol–water partition coefficient (Wildman–Crippen LogP) is 0.924. The number of hydrogen-bond donors (Lipinski definition) is 2. The van der Waals surface area contributed by atoms with Crippen molar-refractivity contribution in [1.29, 1.82) is 0 Å². The fourth-order valence-corrected chi connectivity index (χ4v) is 2.80. The van der Waals surface area contributed by atoms with Crippen LogP contribution in [0.1, 0.15) is 36.7 Å². The number of rotatable bonds is 2. The summed E-state index contributed by atoms with van der Waals surface area (Å²) < 4.78 is 22.4. The van der Waals surface area contributed by atoms with Crippen molar-refractivity contribution in [2.45, 2.75) is 31.1 Å². The molecular formula is C12H19N3O3S. The molecule has 0 radical (unpaired) electrons. The lowest BCUT2D eigenvalue weighted by Crippen LogP contribution is -2.32. The van der Waals surface area contributed by atoms with E-state index in [2.05, 4.69) is 11.9 Å². The van der Waals surface area contributed by atoms with Crippen molar-refractivity contribution < 1.29 is 13.2 Å². The second-order valence-corrected chi connectivity index (χ2v) is 6.68. The number of primary sulfonamides is 1. The van der Waals surface area contributed by atoms with E-state index < -0.39 is 10.0 Å². The molecule has 3 N–H and O–H groups in total. The van der Waals surface area contributed by atoms with Crippen LogP contribution in [0.25, 0.3) is 0 Å². The van der Waals surface area contributed by atoms with Gasteiger partial charge in [0.1, 0.15) is 5.69 Å². The minimum Gasteiger partial charge on any atom is -0.356 e. The summed E-state index contributed by atoms with van der Waals surface area (Å²) in [5.41, 5.74) is 0.276. The van der Waals surface area contributed by atoms with Crippen molar-refractivity contribution in [3.63, 3.8) is 0 Å². The summed E-state index contributed by atoms with van der Waals surface area (Å²) in [4.78, 5) is 16.7. The molecule has 0 aliphatic carbocycles. The van der Waals surface area contributed by atoms with Crippen molar-refractivity contribution in [2.24, 2.45) is 11.1 Å². The molecule has 1 aliphatic rings. The summed E-state index contributed by atoms with van der Waals surface area (Å²) in [6.07, 6.45) is 4.34. The second kappa shape index (κ2) is 5.34. The third-order valence-electron chi connectivity index (χ3n) is 3.52. The van der Waals surface area contributed by atoms with E-state index in [0.29, 0.717) is 19.0 Å². The first-order chi connectivity index (χ1) is 8.88. The molecule has 2 rings (SSSR count). The van der Waals surface area contributed by atoms with E-state index in [-0.39, 0.29) is 16.5 Å². The van der Waals surface area contributed by atoms with E-state index in [1.807, 2.05) is 0 Å². The van der Waals surface area contributed by atoms with E-state index in [9.17, 15) is 13.2 Å². The highest BCUT2D eigenvalue weighted by atomic mass is 32.2. The van der Waals surface area contributed by atoms with E-state index in [1.54, 1.807) is 4.90 Å². The van der Waals surface area contributed by atoms with Gasteiger partial charge in [0.25, 0.3) is 5.91 Å². The fourth-order valence-electron chi connectivity index (χ4n) is 2.30. The molecule has 0 spiro atoms. The molecule has 1 unspecified atom stereocenters. The fraction of sp³-hybridized carbons (Fsp3) is 0.583. The van der Waals surface area contributed by atoms with Crippen LogP contribution in [0, 0.1) is 5.92 Å². The third kappa shape index (κ3) is 3.36. The highest BCUT2D eigenvalue weighted by molar-refractivity contribution is 7.89. The Morgan fingerprint density at radius 3 is 2.79 bits per heavy atom. The van der Waals surface area contributed by atoms with Crippen LogP contribution in [-0.4, -0.2) is 37.3 Å². The zero-order valence-electron chi connectivity index (χ0n) is 10.9. The number of likely N-dealkylation sites (tertiary alicyclic amines) is 1. The zero-order chi connectivity index (χ0) is 14.0. The van der Waals surface area contributed by atoms with E-state index in [1.165, 1.54) is 12.3 Å². The minimum absolute atomic E-state index is 0.0564. The van der Waals surface area contributed by atoms with Crippen molar-refractivity contribution in [2.75, 3.05) is 13.1 Å². The van der Waals surface area contributed by atoms with Crippen LogP contribution in [0.3, 0.4) is 0 Å². The van der Waals surface area contributed by atoms with Gasteiger partial charge in [0, 0.05) is 19.3 Å². The Bertz CT molecular complexity index is 565. The summed E-state index contributed by atoms with van der Waals surface area (Å²) in [6.45, 7) is 3.61. The van der Waals surface area contributed by atoms with Crippen LogP contribution in [0.2, 0.25) is 0 Å². The number of aromatic nitrogens is 1. The van der Waals surface area contributed by atoms with E-state index >= 15 is 0 Å². The topological polar surface area (TPSA) is 96.3 Å². The highest BCUT2D eigenvalue weighted by Gasteiger charge is 2.22. The molecule has 6 nitrogen and oxygen atoms in total. The van der Waals surface area contributed by atoms with Crippen molar-refractivity contribution in [3.05, 3.63) is 18.0 Å². The largest absolute Gasteiger partial charge is 0.356 e. The van der Waals surface area contributed by atoms with Crippen LogP contribution >= 0.6 is 0 Å². The number of nitrogens with zero attached hydrogens (tertiary/aromatic N) is 1. The summed E-state index contributed by atoms with van der Waals surface area (Å²) in [6, 6.07) is 1.30. The van der Waals surface area contributed by atoms with Gasteiger partial charge in [-0.1, -0.05) is 6.92 Å². The minimum atomic E-state index is -3.76. The molecule has 0 saturated carbocycles. The third-order valence-corrected chi connectivity index (χ3v) is 4.41. The van der Waals surface area contributed by atoms with Gasteiger partial charge in [0.05, 0.1) is 4.90 Å². The lowest BCUT2D eigenvalue weighted by Gasteiger charge is -2.19. The lowest BCUT2D eigenvalue weighted by atomic mass is 10.0. The first kappa shape index (κ1) is 14.1. The average molecular weight is 285 g/mol. The maximum atomic E-state index is 12.3. The average Bonchev–Trinajstić information content (AvgIpc) is 2.73. The Labute approximate surface area is 113 Å². The van der Waals surface area contributed by atoms with Crippen molar-refractivity contribution in [3.8, 4) is 0 Å². The van der Waals surface area contributed by atoms with Crippen LogP contribution in [0.5, 0.6) is 0 Å². The molecule has 0 bridgehead atoms. The highest BCUT2D eigenvalue weighted by Crippen LogP contribution is 2.18. The molecule has 1 aliphatic heterocycles. The monoisotopic (exact) mass is 285 g/mol. The first-order valence-electron chi connectivity index (χ1n) is 6.38. The summed E-state index contributed by atoms with van der Waals surface area (Å²) >= 11 is 0. The molecule has 1 amide bonds. The number of nitrogens with one attached hydrogen (secondary N) is 1. The molecule has 1 saturated heterocycles. The predicted molar refractivity (Wildman–Crippen MR) is 71.1 cm³/mol. The van der Waals surface area contributed by atoms with Gasteiger partial charge in [-0.25, -0.2) is 13.6 Å². The summed E-state index contributed by atoms with van der Waals surface area (Å²) in [7, 11) is -3.76. The number of aromatic amines is 1. The Morgan fingerprint density at radius 1 is 1.42 bits per heavy atom. The normalized spacial score (nSPS) is 21.2. The van der Waals surface area contributed by atoms with E-state index in [0.717, 1.165) is 19.3 Å². The molecule has 106 valence electrons. The molecular weight excluding hydrogens is 266 g/mol. The number of amides is 1. The smallest absolute Gasteiger partial charge is 0.270 e. The van der Waals surface area contributed by atoms with Crippen molar-refractivity contribution >= 4 is 15.9 Å². The van der Waals surface area contributed by atoms with Gasteiger partial charge in [-0.15, -0.1) is 0 Å². The molecule has 1 fully saturated rings. The summed E-state index contributed by atoms with van der Waals surface area (Å²) in [5, 5.41) is 5.02. The molecule has 0 aromatic carbocycles. The Hall–Kier alpha value is -1.34. The van der Waals surface area contributed by atoms with Gasteiger partial charge in [0.2, 0.25) is 10.0 Å². The van der Waals surface area contributed by atoms with Crippen LogP contribution in [-0.2, 0) is 10.0 Å². The van der Waals surface area contributed by atoms with Gasteiger partial charge in [0.15, 0.2) is 0 Å². The Balaban J connectivity index is 2.13. The Morgan fingerprint density at radius 2 is 2.16 bits per heavy atom. The number of hydrogen-bond acceptors (Lipinski definition) is 3. The lowest BCUT2D eigenvalue weighted by molar-refractivity contribution is 0.0755. The Kier molecular flexibility index (Phi) is 3.96. The number of carbonyl (C=O) groups excluding carboxylic acids is 1. The number of H-pyrrole nitrogens is 1. The van der Waals surface area contributed by atoms with Gasteiger partial charge < -0.3 is 9.88 Å². The molecule has 1 aromatic rings. The van der Waals surface area contributed by atoms with Gasteiger partial charge in [-0.3, -0.25) is 4.79 Å². The zero-order valence-corrected chi connectivity index (χ0v) is 11.7. The molecule has 2 heterocycles. The maximum absolute atomic E-state index is 12.3. The standard InChI is InChI=1S/C12H19N3O3S/c1-9-3-2-5-15(6-4-9)12(16)11-7-10(8-14-11)19(13,17)18/h7-9,14H,2-6H2,1H3,(H2,13,17,18). The second-order valence-electron chi connectivity index (χ2n) is 5.12. The van der Waals surface area contributed by atoms with Crippen LogP contribution in [0.4, 0.5) is 0 Å². The molecule has 1 aromatic heterocycles. The quantitative estimate of drug-likeness (QED) is 0.845. The SMILES string of the molecule is CC1CCCN(C(=O)c2cc(S(N)(=O)=O)c[nH]2)CC1. The van der Waals surface area contributed by atoms with Gasteiger partial charge >= 0.3 is 0 Å². The number of sulfonamides is 1. The number of carbonyl (C=O) groups is 1. The van der Waals surface area contributed by atoms with Gasteiger partial charge in [-0.2, -0.15) is 0 Å². The van der Waals surface area contributed by atoms with Crippen LogP contribution in [0.15, 0.2) is 17.2 Å². The first-order valence-corrected chi connectivity index (χ1v) is 7.93. The van der Waals surface area contributed by atoms with Gasteiger partial charge in [-0.05, 0) is 31.2 Å². The number of nitrogens with two attached hydrogens (primary N) is 1. The molecule has 7 heteroatoms. The maximum Gasteiger partial charge on any atom is 0.270 e. The van der Waals surface area contributed by atoms with Crippen LogP contribution < -0.4 is 5.14 Å². The molecule has 19 heavy (non-hydrogen) atoms. The van der Waals surface area contributed by atoms with Crippen molar-refractivity contribution in [1.82, 2.24) is 9.88 Å². The van der Waals surface area contributed by atoms with E-state index in [4.69, 9.17) is 5.14 Å². The molecule has 1 atom stereocenters.